The third-order valence-electron chi connectivity index (χ3n) is 2.79. The quantitative estimate of drug-likeness (QED) is 0.774. The van der Waals surface area contributed by atoms with Crippen LogP contribution >= 0.6 is 15.9 Å². The number of hydrogen-bond acceptors (Lipinski definition) is 2. The Morgan fingerprint density at radius 3 is 2.67 bits per heavy atom. The first-order chi connectivity index (χ1) is 7.22. The monoisotopic (exact) mass is 276 g/mol. The third kappa shape index (κ3) is 5.52. The van der Waals surface area contributed by atoms with Gasteiger partial charge < -0.3 is 10.2 Å². The number of piperidine rings is 1. The van der Waals surface area contributed by atoms with Crippen molar-refractivity contribution in [1.82, 2.24) is 10.2 Å². The van der Waals surface area contributed by atoms with Crippen LogP contribution in [0.2, 0.25) is 0 Å². The Hall–Kier alpha value is -0.0900. The van der Waals surface area contributed by atoms with E-state index in [9.17, 15) is 4.79 Å². The Bertz CT molecular complexity index is 193. The van der Waals surface area contributed by atoms with E-state index in [0.717, 1.165) is 13.1 Å². The zero-order chi connectivity index (χ0) is 11.1. The summed E-state index contributed by atoms with van der Waals surface area (Å²) in [6, 6.07) is 0. The van der Waals surface area contributed by atoms with Gasteiger partial charge in [-0.05, 0) is 31.8 Å². The summed E-state index contributed by atoms with van der Waals surface area (Å²) in [5, 5.41) is 3.32. The first-order valence-corrected chi connectivity index (χ1v) is 6.89. The SMILES string of the molecule is CC(CNC(=O)CBr)CN1CCCCC1. The van der Waals surface area contributed by atoms with E-state index in [4.69, 9.17) is 0 Å². The van der Waals surface area contributed by atoms with Gasteiger partial charge in [0, 0.05) is 13.1 Å². The van der Waals surface area contributed by atoms with E-state index in [1.807, 2.05) is 0 Å². The third-order valence-corrected chi connectivity index (χ3v) is 3.30. The van der Waals surface area contributed by atoms with Crippen LogP contribution in [0.5, 0.6) is 0 Å². The highest BCUT2D eigenvalue weighted by atomic mass is 79.9. The van der Waals surface area contributed by atoms with Crippen molar-refractivity contribution < 1.29 is 4.79 Å². The highest BCUT2D eigenvalue weighted by Gasteiger charge is 2.13. The highest BCUT2D eigenvalue weighted by molar-refractivity contribution is 9.09. The maximum Gasteiger partial charge on any atom is 0.230 e. The number of nitrogens with zero attached hydrogens (tertiary/aromatic N) is 1. The average molecular weight is 277 g/mol. The van der Waals surface area contributed by atoms with Crippen molar-refractivity contribution in [2.75, 3.05) is 31.5 Å². The molecule has 3 nitrogen and oxygen atoms in total. The summed E-state index contributed by atoms with van der Waals surface area (Å²) in [5.74, 6) is 0.631. The second-order valence-corrected chi connectivity index (χ2v) is 4.96. The molecule has 1 unspecified atom stereocenters. The summed E-state index contributed by atoms with van der Waals surface area (Å²) in [4.78, 5) is 13.5. The van der Waals surface area contributed by atoms with Crippen molar-refractivity contribution in [2.24, 2.45) is 5.92 Å². The lowest BCUT2D eigenvalue weighted by Gasteiger charge is -2.29. The predicted molar refractivity (Wildman–Crippen MR) is 66.3 cm³/mol. The normalized spacial score (nSPS) is 19.9. The average Bonchev–Trinajstić information content (AvgIpc) is 2.27. The maximum atomic E-state index is 11.0. The summed E-state index contributed by atoms with van der Waals surface area (Å²) >= 11 is 3.14. The van der Waals surface area contributed by atoms with Crippen molar-refractivity contribution in [2.45, 2.75) is 26.2 Å². The first-order valence-electron chi connectivity index (χ1n) is 5.77. The van der Waals surface area contributed by atoms with Crippen LogP contribution in [0, 0.1) is 5.92 Å². The lowest BCUT2D eigenvalue weighted by atomic mass is 10.1. The number of amides is 1. The predicted octanol–water partition coefficient (Wildman–Crippen LogP) is 1.62. The number of nitrogens with one attached hydrogen (secondary N) is 1. The Balaban J connectivity index is 2.11. The first kappa shape index (κ1) is 13.0. The van der Waals surface area contributed by atoms with Crippen LogP contribution in [-0.4, -0.2) is 42.3 Å². The number of carbonyl (C=O) groups excluding carboxylic acids is 1. The van der Waals surface area contributed by atoms with E-state index in [1.54, 1.807) is 0 Å². The van der Waals surface area contributed by atoms with Crippen LogP contribution in [0.25, 0.3) is 0 Å². The lowest BCUT2D eigenvalue weighted by Crippen LogP contribution is -2.38. The highest BCUT2D eigenvalue weighted by Crippen LogP contribution is 2.10. The van der Waals surface area contributed by atoms with E-state index >= 15 is 0 Å². The summed E-state index contributed by atoms with van der Waals surface area (Å²) in [6.07, 6.45) is 4.05. The van der Waals surface area contributed by atoms with Crippen LogP contribution in [0.4, 0.5) is 0 Å². The van der Waals surface area contributed by atoms with Crippen LogP contribution in [0.3, 0.4) is 0 Å². The molecule has 4 heteroatoms. The summed E-state index contributed by atoms with van der Waals surface area (Å²) in [5.41, 5.74) is 0. The van der Waals surface area contributed by atoms with E-state index in [0.29, 0.717) is 11.2 Å². The number of carbonyl (C=O) groups is 1. The van der Waals surface area contributed by atoms with E-state index in [-0.39, 0.29) is 5.91 Å². The molecule has 0 aromatic rings. The molecule has 0 bridgehead atoms. The molecule has 1 aliphatic rings. The molecule has 1 atom stereocenters. The minimum Gasteiger partial charge on any atom is -0.355 e. The summed E-state index contributed by atoms with van der Waals surface area (Å²) < 4.78 is 0. The molecule has 1 rings (SSSR count). The molecule has 0 aliphatic carbocycles. The van der Waals surface area contributed by atoms with Crippen LogP contribution in [0.1, 0.15) is 26.2 Å². The minimum absolute atomic E-state index is 0.0838. The van der Waals surface area contributed by atoms with Gasteiger partial charge in [-0.25, -0.2) is 0 Å². The van der Waals surface area contributed by atoms with Gasteiger partial charge in [0.2, 0.25) is 5.91 Å². The molecule has 0 saturated carbocycles. The fourth-order valence-corrected chi connectivity index (χ4v) is 2.18. The van der Waals surface area contributed by atoms with Crippen LogP contribution < -0.4 is 5.32 Å². The Labute approximate surface area is 101 Å². The maximum absolute atomic E-state index is 11.0. The van der Waals surface area contributed by atoms with Gasteiger partial charge in [0.25, 0.3) is 0 Å². The van der Waals surface area contributed by atoms with Crippen molar-refractivity contribution in [3.05, 3.63) is 0 Å². The molecule has 0 aromatic heterocycles. The minimum atomic E-state index is 0.0838. The Morgan fingerprint density at radius 2 is 2.07 bits per heavy atom. The van der Waals surface area contributed by atoms with E-state index in [2.05, 4.69) is 33.1 Å². The van der Waals surface area contributed by atoms with Crippen molar-refractivity contribution >= 4 is 21.8 Å². The molecule has 1 heterocycles. The number of halogens is 1. The van der Waals surface area contributed by atoms with Gasteiger partial charge in [-0.3, -0.25) is 4.79 Å². The Kier molecular flexibility index (Phi) is 6.25. The molecular formula is C11H21BrN2O. The second kappa shape index (κ2) is 7.23. The smallest absolute Gasteiger partial charge is 0.230 e. The zero-order valence-corrected chi connectivity index (χ0v) is 11.1. The van der Waals surface area contributed by atoms with E-state index < -0.39 is 0 Å². The van der Waals surface area contributed by atoms with Crippen LogP contribution in [0.15, 0.2) is 0 Å². The van der Waals surface area contributed by atoms with Gasteiger partial charge in [-0.1, -0.05) is 29.3 Å². The summed E-state index contributed by atoms with van der Waals surface area (Å²) in [6.45, 7) is 6.57. The number of alkyl halides is 1. The fraction of sp³-hybridized carbons (Fsp3) is 0.909. The molecule has 1 saturated heterocycles. The summed E-state index contributed by atoms with van der Waals surface area (Å²) in [7, 11) is 0. The molecule has 0 aromatic carbocycles. The van der Waals surface area contributed by atoms with Crippen molar-refractivity contribution in [3.8, 4) is 0 Å². The number of likely N-dealkylation sites (tertiary alicyclic amines) is 1. The van der Waals surface area contributed by atoms with Gasteiger partial charge in [0.05, 0.1) is 5.33 Å². The van der Waals surface area contributed by atoms with Crippen molar-refractivity contribution in [1.29, 1.82) is 0 Å². The van der Waals surface area contributed by atoms with Gasteiger partial charge >= 0.3 is 0 Å². The van der Waals surface area contributed by atoms with E-state index in [1.165, 1.54) is 32.4 Å². The van der Waals surface area contributed by atoms with Crippen molar-refractivity contribution in [3.63, 3.8) is 0 Å². The largest absolute Gasteiger partial charge is 0.355 e. The number of rotatable bonds is 5. The lowest BCUT2D eigenvalue weighted by molar-refractivity contribution is -0.118. The fourth-order valence-electron chi connectivity index (χ4n) is 1.98. The molecule has 1 aliphatic heterocycles. The molecule has 1 N–H and O–H groups in total. The second-order valence-electron chi connectivity index (χ2n) is 4.40. The molecule has 88 valence electrons. The van der Waals surface area contributed by atoms with Gasteiger partial charge in [0.1, 0.15) is 0 Å². The number of hydrogen-bond donors (Lipinski definition) is 1. The van der Waals surface area contributed by atoms with Gasteiger partial charge in [-0.15, -0.1) is 0 Å². The molecular weight excluding hydrogens is 256 g/mol. The molecule has 1 amide bonds. The standard InChI is InChI=1S/C11H21BrN2O/c1-10(8-13-11(15)7-12)9-14-5-3-2-4-6-14/h10H,2-9H2,1H3,(H,13,15). The molecule has 1 fully saturated rings. The van der Waals surface area contributed by atoms with Crippen LogP contribution in [-0.2, 0) is 4.79 Å². The molecule has 15 heavy (non-hydrogen) atoms. The molecule has 0 radical (unpaired) electrons. The van der Waals surface area contributed by atoms with Gasteiger partial charge in [0.15, 0.2) is 0 Å². The Morgan fingerprint density at radius 1 is 1.40 bits per heavy atom. The van der Waals surface area contributed by atoms with Gasteiger partial charge in [-0.2, -0.15) is 0 Å². The zero-order valence-electron chi connectivity index (χ0n) is 9.47. The molecule has 0 spiro atoms. The topological polar surface area (TPSA) is 32.3 Å².